The maximum atomic E-state index is 3.70. The van der Waals surface area contributed by atoms with E-state index in [1.807, 2.05) is 0 Å². The van der Waals surface area contributed by atoms with Crippen LogP contribution in [0.5, 0.6) is 0 Å². The van der Waals surface area contributed by atoms with Crippen LogP contribution in [-0.2, 0) is 0 Å². The minimum atomic E-state index is 0.691. The first-order valence-electron chi connectivity index (χ1n) is 7.24. The fourth-order valence-corrected chi connectivity index (χ4v) is 3.14. The van der Waals surface area contributed by atoms with Gasteiger partial charge in [0.2, 0.25) is 0 Å². The Morgan fingerprint density at radius 3 is 2.71 bits per heavy atom. The first-order chi connectivity index (χ1) is 8.19. The van der Waals surface area contributed by atoms with Crippen molar-refractivity contribution >= 4 is 11.8 Å². The molecule has 2 nitrogen and oxygen atoms in total. The summed E-state index contributed by atoms with van der Waals surface area (Å²) in [4.78, 5) is 2.72. The van der Waals surface area contributed by atoms with E-state index in [0.717, 1.165) is 12.0 Å². The normalized spacial score (nSPS) is 26.6. The summed E-state index contributed by atoms with van der Waals surface area (Å²) in [6.07, 6.45) is 2.62. The number of hydrogen-bond acceptors (Lipinski definition) is 3. The Kier molecular flexibility index (Phi) is 7.56. The van der Waals surface area contributed by atoms with Gasteiger partial charge in [-0.3, -0.25) is 4.90 Å². The lowest BCUT2D eigenvalue weighted by molar-refractivity contribution is 0.111. The molecule has 0 saturated carbocycles. The number of thioether (sulfide) groups is 1. The zero-order valence-electron chi connectivity index (χ0n) is 12.0. The second kappa shape index (κ2) is 8.39. The van der Waals surface area contributed by atoms with Crippen LogP contribution in [0.2, 0.25) is 0 Å². The lowest BCUT2D eigenvalue weighted by atomic mass is 9.98. The summed E-state index contributed by atoms with van der Waals surface area (Å²) in [6.45, 7) is 12.9. The molecule has 17 heavy (non-hydrogen) atoms. The number of nitrogens with zero attached hydrogens (tertiary/aromatic N) is 1. The van der Waals surface area contributed by atoms with Crippen molar-refractivity contribution in [2.45, 2.75) is 52.6 Å². The summed E-state index contributed by atoms with van der Waals surface area (Å²) in [5.74, 6) is 3.33. The molecule has 1 rings (SSSR count). The molecule has 0 amide bonds. The minimum absolute atomic E-state index is 0.691. The summed E-state index contributed by atoms with van der Waals surface area (Å²) in [5.41, 5.74) is 0. The zero-order chi connectivity index (χ0) is 12.7. The maximum Gasteiger partial charge on any atom is 0.0218 e. The van der Waals surface area contributed by atoms with Gasteiger partial charge in [-0.25, -0.2) is 0 Å². The van der Waals surface area contributed by atoms with Crippen LogP contribution in [0.25, 0.3) is 0 Å². The summed E-state index contributed by atoms with van der Waals surface area (Å²) >= 11 is 2.07. The topological polar surface area (TPSA) is 15.3 Å². The molecule has 0 aromatic rings. The first kappa shape index (κ1) is 15.3. The Morgan fingerprint density at radius 1 is 1.35 bits per heavy atom. The SMILES string of the molecule is CCSCCCN1CC(C(C)C)NCC1CC. The second-order valence-corrected chi connectivity index (χ2v) is 6.76. The van der Waals surface area contributed by atoms with Gasteiger partial charge in [-0.1, -0.05) is 27.7 Å². The Hall–Kier alpha value is 0.270. The molecule has 1 heterocycles. The van der Waals surface area contributed by atoms with E-state index >= 15 is 0 Å². The zero-order valence-corrected chi connectivity index (χ0v) is 12.9. The first-order valence-corrected chi connectivity index (χ1v) is 8.39. The van der Waals surface area contributed by atoms with Crippen LogP contribution in [0.4, 0.5) is 0 Å². The van der Waals surface area contributed by atoms with Gasteiger partial charge in [0.05, 0.1) is 0 Å². The average Bonchev–Trinajstić information content (AvgIpc) is 2.34. The van der Waals surface area contributed by atoms with Crippen LogP contribution < -0.4 is 5.32 Å². The summed E-state index contributed by atoms with van der Waals surface area (Å²) in [6, 6.07) is 1.45. The van der Waals surface area contributed by atoms with Gasteiger partial charge in [-0.05, 0) is 36.8 Å². The highest BCUT2D eigenvalue weighted by Crippen LogP contribution is 2.16. The lowest BCUT2D eigenvalue weighted by Crippen LogP contribution is -2.58. The molecule has 1 saturated heterocycles. The quantitative estimate of drug-likeness (QED) is 0.707. The van der Waals surface area contributed by atoms with E-state index in [1.165, 1.54) is 44.0 Å². The van der Waals surface area contributed by atoms with Gasteiger partial charge in [0.15, 0.2) is 0 Å². The molecule has 1 fully saturated rings. The van der Waals surface area contributed by atoms with Crippen molar-refractivity contribution in [3.05, 3.63) is 0 Å². The highest BCUT2D eigenvalue weighted by atomic mass is 32.2. The number of rotatable bonds is 7. The number of hydrogen-bond donors (Lipinski definition) is 1. The third-order valence-corrected chi connectivity index (χ3v) is 4.76. The van der Waals surface area contributed by atoms with E-state index in [4.69, 9.17) is 0 Å². The van der Waals surface area contributed by atoms with Crippen molar-refractivity contribution in [1.82, 2.24) is 10.2 Å². The largest absolute Gasteiger partial charge is 0.311 e. The molecule has 1 N–H and O–H groups in total. The Balaban J connectivity index is 2.34. The third kappa shape index (κ3) is 5.19. The van der Waals surface area contributed by atoms with Crippen molar-refractivity contribution in [3.8, 4) is 0 Å². The van der Waals surface area contributed by atoms with Crippen molar-refractivity contribution < 1.29 is 0 Å². The highest BCUT2D eigenvalue weighted by Gasteiger charge is 2.27. The van der Waals surface area contributed by atoms with Crippen LogP contribution in [0, 0.1) is 5.92 Å². The van der Waals surface area contributed by atoms with Crippen LogP contribution in [0.15, 0.2) is 0 Å². The Bertz CT molecular complexity index is 197. The van der Waals surface area contributed by atoms with Gasteiger partial charge in [0.25, 0.3) is 0 Å². The van der Waals surface area contributed by atoms with Crippen LogP contribution >= 0.6 is 11.8 Å². The highest BCUT2D eigenvalue weighted by molar-refractivity contribution is 7.99. The van der Waals surface area contributed by atoms with Gasteiger partial charge >= 0.3 is 0 Å². The van der Waals surface area contributed by atoms with Gasteiger partial charge in [-0.15, -0.1) is 0 Å². The molecule has 1 aliphatic rings. The van der Waals surface area contributed by atoms with E-state index in [9.17, 15) is 0 Å². The molecular weight excluding hydrogens is 228 g/mol. The van der Waals surface area contributed by atoms with Crippen molar-refractivity contribution in [2.24, 2.45) is 5.92 Å². The minimum Gasteiger partial charge on any atom is -0.311 e. The van der Waals surface area contributed by atoms with E-state index in [2.05, 4.69) is 49.7 Å². The lowest BCUT2D eigenvalue weighted by Gasteiger charge is -2.41. The Morgan fingerprint density at radius 2 is 2.12 bits per heavy atom. The molecule has 2 atom stereocenters. The van der Waals surface area contributed by atoms with Crippen molar-refractivity contribution in [1.29, 1.82) is 0 Å². The number of piperazine rings is 1. The predicted molar refractivity (Wildman–Crippen MR) is 79.9 cm³/mol. The van der Waals surface area contributed by atoms with E-state index < -0.39 is 0 Å². The van der Waals surface area contributed by atoms with Gasteiger partial charge < -0.3 is 5.32 Å². The molecule has 0 bridgehead atoms. The molecule has 2 unspecified atom stereocenters. The van der Waals surface area contributed by atoms with Crippen LogP contribution in [0.3, 0.4) is 0 Å². The average molecular weight is 258 g/mol. The molecule has 0 radical (unpaired) electrons. The van der Waals surface area contributed by atoms with E-state index in [-0.39, 0.29) is 0 Å². The summed E-state index contributed by atoms with van der Waals surface area (Å²) < 4.78 is 0. The van der Waals surface area contributed by atoms with Gasteiger partial charge in [0.1, 0.15) is 0 Å². The molecule has 0 aliphatic carbocycles. The molecule has 0 aromatic heterocycles. The van der Waals surface area contributed by atoms with Crippen LogP contribution in [-0.4, -0.2) is 48.1 Å². The van der Waals surface area contributed by atoms with Crippen LogP contribution in [0.1, 0.15) is 40.5 Å². The summed E-state index contributed by atoms with van der Waals surface area (Å²) in [7, 11) is 0. The second-order valence-electron chi connectivity index (χ2n) is 5.37. The number of nitrogens with one attached hydrogen (secondary N) is 1. The van der Waals surface area contributed by atoms with E-state index in [0.29, 0.717) is 6.04 Å². The summed E-state index contributed by atoms with van der Waals surface area (Å²) in [5, 5.41) is 3.70. The third-order valence-electron chi connectivity index (χ3n) is 3.78. The monoisotopic (exact) mass is 258 g/mol. The smallest absolute Gasteiger partial charge is 0.0218 e. The molecule has 0 aromatic carbocycles. The molecule has 3 heteroatoms. The van der Waals surface area contributed by atoms with Crippen molar-refractivity contribution in [3.63, 3.8) is 0 Å². The fraction of sp³-hybridized carbons (Fsp3) is 1.00. The van der Waals surface area contributed by atoms with Crippen molar-refractivity contribution in [2.75, 3.05) is 31.1 Å². The fourth-order valence-electron chi connectivity index (χ4n) is 2.52. The van der Waals surface area contributed by atoms with Gasteiger partial charge in [-0.2, -0.15) is 11.8 Å². The molecule has 0 spiro atoms. The molecular formula is C14H30N2S. The standard InChI is InChI=1S/C14H30N2S/c1-5-13-10-15-14(12(3)4)11-16(13)8-7-9-17-6-2/h12-15H,5-11H2,1-4H3. The molecule has 1 aliphatic heterocycles. The van der Waals surface area contributed by atoms with E-state index in [1.54, 1.807) is 0 Å². The molecule has 102 valence electrons. The predicted octanol–water partition coefficient (Wildman–Crippen LogP) is 2.84. The maximum absolute atomic E-state index is 3.70. The van der Waals surface area contributed by atoms with Gasteiger partial charge in [0, 0.05) is 25.2 Å². The Labute approximate surface area is 112 Å².